The van der Waals surface area contributed by atoms with Gasteiger partial charge in [0.05, 0.1) is 23.3 Å². The molecule has 0 unspecified atom stereocenters. The fourth-order valence-electron chi connectivity index (χ4n) is 2.95. The molecule has 1 N–H and O–H groups in total. The van der Waals surface area contributed by atoms with E-state index in [4.69, 9.17) is 11.6 Å². The van der Waals surface area contributed by atoms with Crippen molar-refractivity contribution in [2.45, 2.75) is 37.8 Å². The van der Waals surface area contributed by atoms with E-state index < -0.39 is 5.54 Å². The molecule has 2 aromatic rings. The van der Waals surface area contributed by atoms with Crippen molar-refractivity contribution >= 4 is 28.4 Å². The second-order valence-corrected chi connectivity index (χ2v) is 6.22. The molecule has 0 atom stereocenters. The number of amides is 1. The Morgan fingerprint density at radius 1 is 1.43 bits per heavy atom. The molecule has 6 nitrogen and oxygen atoms in total. The number of hydrogen-bond acceptors (Lipinski definition) is 4. The van der Waals surface area contributed by atoms with E-state index in [2.05, 4.69) is 16.4 Å². The van der Waals surface area contributed by atoms with Crippen LogP contribution in [0.15, 0.2) is 29.3 Å². The lowest BCUT2D eigenvalue weighted by Crippen LogP contribution is -2.47. The largest absolute Gasteiger partial charge is 0.336 e. The average Bonchev–Trinajstić information content (AvgIpc) is 2.99. The summed E-state index contributed by atoms with van der Waals surface area (Å²) in [6, 6.07) is 7.05. The highest BCUT2D eigenvalue weighted by atomic mass is 35.5. The number of carbonyl (C=O) groups excluding carboxylic acids is 1. The van der Waals surface area contributed by atoms with E-state index in [0.29, 0.717) is 28.8 Å². The second-order valence-electron chi connectivity index (χ2n) is 5.79. The lowest BCUT2D eigenvalue weighted by molar-refractivity contribution is -0.123. The third-order valence-corrected chi connectivity index (χ3v) is 4.38. The molecule has 1 heterocycles. The minimum absolute atomic E-state index is 0.169. The van der Waals surface area contributed by atoms with Crippen LogP contribution < -0.4 is 10.9 Å². The van der Waals surface area contributed by atoms with Crippen molar-refractivity contribution in [1.29, 1.82) is 5.26 Å². The van der Waals surface area contributed by atoms with Crippen molar-refractivity contribution < 1.29 is 4.79 Å². The normalized spacial score (nSPS) is 16.2. The van der Waals surface area contributed by atoms with E-state index in [-0.39, 0.29) is 18.0 Å². The van der Waals surface area contributed by atoms with Crippen molar-refractivity contribution in [1.82, 2.24) is 14.9 Å². The van der Waals surface area contributed by atoms with Gasteiger partial charge >= 0.3 is 0 Å². The predicted octanol–water partition coefficient (Wildman–Crippen LogP) is 2.00. The molecule has 23 heavy (non-hydrogen) atoms. The van der Waals surface area contributed by atoms with Gasteiger partial charge in [-0.1, -0.05) is 11.6 Å². The minimum atomic E-state index is -0.797. The fraction of sp³-hybridized carbons (Fsp3) is 0.375. The van der Waals surface area contributed by atoms with Gasteiger partial charge in [-0.05, 0) is 43.9 Å². The number of halogens is 1. The molecule has 0 radical (unpaired) electrons. The summed E-state index contributed by atoms with van der Waals surface area (Å²) in [5.74, 6) is -0.362. The molecule has 1 aromatic heterocycles. The van der Waals surface area contributed by atoms with Gasteiger partial charge in [0.1, 0.15) is 12.1 Å². The maximum Gasteiger partial charge on any atom is 0.261 e. The first-order valence-corrected chi connectivity index (χ1v) is 7.78. The predicted molar refractivity (Wildman–Crippen MR) is 86.0 cm³/mol. The van der Waals surface area contributed by atoms with Gasteiger partial charge in [-0.2, -0.15) is 5.26 Å². The highest BCUT2D eigenvalue weighted by Gasteiger charge is 2.35. The van der Waals surface area contributed by atoms with E-state index in [0.717, 1.165) is 12.8 Å². The van der Waals surface area contributed by atoms with Crippen LogP contribution in [0, 0.1) is 11.3 Å². The van der Waals surface area contributed by atoms with E-state index in [9.17, 15) is 14.9 Å². The number of carbonyl (C=O) groups is 1. The van der Waals surface area contributed by atoms with Gasteiger partial charge in [-0.25, -0.2) is 4.98 Å². The van der Waals surface area contributed by atoms with Crippen LogP contribution >= 0.6 is 11.6 Å². The lowest BCUT2D eigenvalue weighted by atomic mass is 10.00. The summed E-state index contributed by atoms with van der Waals surface area (Å²) in [6.45, 7) is -0.169. The SMILES string of the molecule is N#CC1(NC(=O)Cn2cnc3ccc(Cl)cc3c2=O)CCCC1. The molecule has 1 aliphatic rings. The molecule has 1 aromatic carbocycles. The van der Waals surface area contributed by atoms with Crippen LogP contribution in [0.25, 0.3) is 10.9 Å². The number of hydrogen-bond donors (Lipinski definition) is 1. The molecule has 0 spiro atoms. The quantitative estimate of drug-likeness (QED) is 0.932. The summed E-state index contributed by atoms with van der Waals surface area (Å²) < 4.78 is 1.23. The number of aromatic nitrogens is 2. The van der Waals surface area contributed by atoms with Crippen molar-refractivity contribution in [2.24, 2.45) is 0 Å². The summed E-state index contributed by atoms with van der Waals surface area (Å²) in [5, 5.41) is 12.9. The third-order valence-electron chi connectivity index (χ3n) is 4.15. The van der Waals surface area contributed by atoms with Crippen LogP contribution in [0.2, 0.25) is 5.02 Å². The fourth-order valence-corrected chi connectivity index (χ4v) is 3.12. The maximum absolute atomic E-state index is 12.4. The number of fused-ring (bicyclic) bond motifs is 1. The number of nitrogens with one attached hydrogen (secondary N) is 1. The van der Waals surface area contributed by atoms with Gasteiger partial charge < -0.3 is 5.32 Å². The highest BCUT2D eigenvalue weighted by Crippen LogP contribution is 2.28. The molecule has 0 aliphatic heterocycles. The van der Waals surface area contributed by atoms with Crippen molar-refractivity contribution in [3.05, 3.63) is 39.9 Å². The molecule has 118 valence electrons. The molecule has 0 bridgehead atoms. The van der Waals surface area contributed by atoms with Crippen molar-refractivity contribution in [2.75, 3.05) is 0 Å². The molecule has 3 rings (SSSR count). The van der Waals surface area contributed by atoms with Crippen LogP contribution in [-0.2, 0) is 11.3 Å². The Labute approximate surface area is 137 Å². The monoisotopic (exact) mass is 330 g/mol. The smallest absolute Gasteiger partial charge is 0.261 e. The van der Waals surface area contributed by atoms with Crippen LogP contribution in [-0.4, -0.2) is 21.0 Å². The van der Waals surface area contributed by atoms with Gasteiger partial charge in [0.15, 0.2) is 0 Å². The Morgan fingerprint density at radius 3 is 2.87 bits per heavy atom. The summed E-state index contributed by atoms with van der Waals surface area (Å²) in [5.41, 5.74) is -0.598. The molecular weight excluding hydrogens is 316 g/mol. The molecule has 7 heteroatoms. The van der Waals surface area contributed by atoms with Crippen LogP contribution in [0.3, 0.4) is 0 Å². The summed E-state index contributed by atoms with van der Waals surface area (Å²) in [7, 11) is 0. The second kappa shape index (κ2) is 6.01. The van der Waals surface area contributed by atoms with Crippen LogP contribution in [0.5, 0.6) is 0 Å². The lowest BCUT2D eigenvalue weighted by Gasteiger charge is -2.22. The standard InChI is InChI=1S/C16H15ClN4O2/c17-11-3-4-13-12(7-11)15(23)21(10-19-13)8-14(22)20-16(9-18)5-1-2-6-16/h3-4,7,10H,1-2,5-6,8H2,(H,20,22). The van der Waals surface area contributed by atoms with Gasteiger partial charge in [0.2, 0.25) is 5.91 Å². The highest BCUT2D eigenvalue weighted by molar-refractivity contribution is 6.31. The third kappa shape index (κ3) is 3.06. The zero-order valence-corrected chi connectivity index (χ0v) is 13.1. The zero-order chi connectivity index (χ0) is 16.4. The summed E-state index contributed by atoms with van der Waals surface area (Å²) in [6.07, 6.45) is 4.48. The topological polar surface area (TPSA) is 87.8 Å². The Kier molecular flexibility index (Phi) is 4.05. The van der Waals surface area contributed by atoms with E-state index in [1.807, 2.05) is 0 Å². The first kappa shape index (κ1) is 15.5. The number of rotatable bonds is 3. The molecule has 1 fully saturated rings. The Hall–Kier alpha value is -2.39. The number of nitrogens with zero attached hydrogens (tertiary/aromatic N) is 3. The van der Waals surface area contributed by atoms with Gasteiger partial charge in [0, 0.05) is 5.02 Å². The van der Waals surface area contributed by atoms with Crippen molar-refractivity contribution in [3.63, 3.8) is 0 Å². The van der Waals surface area contributed by atoms with Crippen LogP contribution in [0.4, 0.5) is 0 Å². The average molecular weight is 331 g/mol. The van der Waals surface area contributed by atoms with Crippen molar-refractivity contribution in [3.8, 4) is 6.07 Å². The number of benzene rings is 1. The van der Waals surface area contributed by atoms with E-state index in [1.165, 1.54) is 17.0 Å². The van der Waals surface area contributed by atoms with E-state index >= 15 is 0 Å². The summed E-state index contributed by atoms with van der Waals surface area (Å²) in [4.78, 5) is 28.8. The first-order valence-electron chi connectivity index (χ1n) is 7.40. The summed E-state index contributed by atoms with van der Waals surface area (Å²) >= 11 is 5.91. The maximum atomic E-state index is 12.4. The van der Waals surface area contributed by atoms with E-state index in [1.54, 1.807) is 12.1 Å². The number of nitriles is 1. The zero-order valence-electron chi connectivity index (χ0n) is 12.4. The Bertz CT molecular complexity index is 862. The Balaban J connectivity index is 1.84. The minimum Gasteiger partial charge on any atom is -0.336 e. The Morgan fingerprint density at radius 2 is 2.17 bits per heavy atom. The molecule has 1 amide bonds. The van der Waals surface area contributed by atoms with Gasteiger partial charge in [-0.15, -0.1) is 0 Å². The molecule has 1 saturated carbocycles. The van der Waals surface area contributed by atoms with Crippen LogP contribution in [0.1, 0.15) is 25.7 Å². The molecule has 1 aliphatic carbocycles. The molecular formula is C16H15ClN4O2. The molecule has 0 saturated heterocycles. The first-order chi connectivity index (χ1) is 11.0. The van der Waals surface area contributed by atoms with Gasteiger partial charge in [-0.3, -0.25) is 14.2 Å². The van der Waals surface area contributed by atoms with Gasteiger partial charge in [0.25, 0.3) is 5.56 Å².